The molecular formula is C14H13Cl2NO2S. The van der Waals surface area contributed by atoms with Gasteiger partial charge in [0.2, 0.25) is 0 Å². The van der Waals surface area contributed by atoms with Crippen molar-refractivity contribution < 1.29 is 9.47 Å². The number of anilines is 1. The Labute approximate surface area is 131 Å². The van der Waals surface area contributed by atoms with Crippen LogP contribution < -0.4 is 14.8 Å². The van der Waals surface area contributed by atoms with Gasteiger partial charge in [-0.2, -0.15) is 0 Å². The number of hydrogen-bond acceptors (Lipinski definition) is 4. The average molecular weight is 330 g/mol. The van der Waals surface area contributed by atoms with Gasteiger partial charge in [0.25, 0.3) is 0 Å². The largest absolute Gasteiger partial charge is 0.486 e. The number of fused-ring (bicyclic) bond motifs is 1. The molecule has 0 spiro atoms. The first-order valence-corrected chi connectivity index (χ1v) is 7.81. The maximum absolute atomic E-state index is 6.28. The molecule has 6 heteroatoms. The highest BCUT2D eigenvalue weighted by molar-refractivity contribution is 7.16. The number of halogens is 2. The van der Waals surface area contributed by atoms with Crippen molar-refractivity contribution in [1.29, 1.82) is 0 Å². The molecule has 0 aliphatic carbocycles. The smallest absolute Gasteiger partial charge is 0.163 e. The molecule has 0 amide bonds. The summed E-state index contributed by atoms with van der Waals surface area (Å²) >= 11 is 13.8. The number of hydrogen-bond donors (Lipinski definition) is 1. The first kappa shape index (κ1) is 13.9. The number of thiophene rings is 1. The minimum absolute atomic E-state index is 0.118. The molecular weight excluding hydrogens is 317 g/mol. The van der Waals surface area contributed by atoms with Crippen molar-refractivity contribution in [3.63, 3.8) is 0 Å². The van der Waals surface area contributed by atoms with Crippen LogP contribution in [0, 0.1) is 0 Å². The molecule has 0 fully saturated rings. The lowest BCUT2D eigenvalue weighted by atomic mass is 10.2. The van der Waals surface area contributed by atoms with E-state index < -0.39 is 0 Å². The molecule has 1 unspecified atom stereocenters. The maximum atomic E-state index is 6.28. The number of benzene rings is 1. The van der Waals surface area contributed by atoms with Crippen molar-refractivity contribution in [2.75, 3.05) is 18.5 Å². The number of nitrogens with one attached hydrogen (secondary N) is 1. The van der Waals surface area contributed by atoms with Crippen molar-refractivity contribution in [2.24, 2.45) is 0 Å². The van der Waals surface area contributed by atoms with E-state index >= 15 is 0 Å². The van der Waals surface area contributed by atoms with Crippen molar-refractivity contribution in [3.05, 3.63) is 38.5 Å². The molecule has 1 aromatic carbocycles. The fraction of sp³-hybridized carbons (Fsp3) is 0.286. The van der Waals surface area contributed by atoms with Crippen molar-refractivity contribution >= 4 is 40.2 Å². The van der Waals surface area contributed by atoms with Crippen LogP contribution >= 0.6 is 34.5 Å². The summed E-state index contributed by atoms with van der Waals surface area (Å²) in [6.45, 7) is 3.18. The van der Waals surface area contributed by atoms with E-state index in [2.05, 4.69) is 12.2 Å². The highest BCUT2D eigenvalue weighted by Gasteiger charge is 2.17. The highest BCUT2D eigenvalue weighted by atomic mass is 35.5. The van der Waals surface area contributed by atoms with E-state index in [1.54, 1.807) is 17.4 Å². The quantitative estimate of drug-likeness (QED) is 0.859. The molecule has 1 aliphatic rings. The topological polar surface area (TPSA) is 30.5 Å². The summed E-state index contributed by atoms with van der Waals surface area (Å²) < 4.78 is 11.8. The van der Waals surface area contributed by atoms with Crippen molar-refractivity contribution in [3.8, 4) is 11.5 Å². The zero-order valence-corrected chi connectivity index (χ0v) is 13.1. The van der Waals surface area contributed by atoms with Gasteiger partial charge in [-0.05, 0) is 19.1 Å². The Morgan fingerprint density at radius 1 is 1.15 bits per heavy atom. The SMILES string of the molecule is CC(Nc1cc2c(cc1Cl)OCCO2)c1ccc(Cl)s1. The Balaban J connectivity index is 1.83. The minimum Gasteiger partial charge on any atom is -0.486 e. The molecule has 2 heterocycles. The molecule has 0 radical (unpaired) electrons. The fourth-order valence-electron chi connectivity index (χ4n) is 2.04. The molecule has 3 rings (SSSR count). The van der Waals surface area contributed by atoms with Gasteiger partial charge in [-0.3, -0.25) is 0 Å². The van der Waals surface area contributed by atoms with Crippen molar-refractivity contribution in [2.45, 2.75) is 13.0 Å². The third kappa shape index (κ3) is 2.82. The van der Waals surface area contributed by atoms with Crippen LogP contribution in [0.1, 0.15) is 17.8 Å². The van der Waals surface area contributed by atoms with Crippen LogP contribution in [0.5, 0.6) is 11.5 Å². The van der Waals surface area contributed by atoms with E-state index in [0.717, 1.165) is 20.7 Å². The van der Waals surface area contributed by atoms with E-state index in [0.29, 0.717) is 24.0 Å². The van der Waals surface area contributed by atoms with E-state index in [9.17, 15) is 0 Å². The summed E-state index contributed by atoms with van der Waals surface area (Å²) in [6, 6.07) is 7.68. The zero-order chi connectivity index (χ0) is 14.1. The highest BCUT2D eigenvalue weighted by Crippen LogP contribution is 2.39. The predicted molar refractivity (Wildman–Crippen MR) is 83.8 cm³/mol. The Morgan fingerprint density at radius 3 is 2.50 bits per heavy atom. The second-order valence-electron chi connectivity index (χ2n) is 4.48. The Morgan fingerprint density at radius 2 is 1.85 bits per heavy atom. The van der Waals surface area contributed by atoms with Gasteiger partial charge in [0.15, 0.2) is 11.5 Å². The van der Waals surface area contributed by atoms with Crippen LogP contribution in [-0.2, 0) is 0 Å². The Hall–Kier alpha value is -1.10. The minimum atomic E-state index is 0.118. The van der Waals surface area contributed by atoms with Gasteiger partial charge in [0.05, 0.1) is 21.1 Å². The predicted octanol–water partition coefficient (Wildman–Crippen LogP) is 5.00. The molecule has 0 saturated heterocycles. The number of ether oxygens (including phenoxy) is 2. The van der Waals surface area contributed by atoms with Crippen LogP contribution in [0.2, 0.25) is 9.36 Å². The molecule has 1 aromatic heterocycles. The third-order valence-corrected chi connectivity index (χ3v) is 4.75. The number of rotatable bonds is 3. The molecule has 1 N–H and O–H groups in total. The van der Waals surface area contributed by atoms with Crippen LogP contribution in [0.4, 0.5) is 5.69 Å². The van der Waals surface area contributed by atoms with Gasteiger partial charge in [-0.25, -0.2) is 0 Å². The molecule has 0 bridgehead atoms. The van der Waals surface area contributed by atoms with Gasteiger partial charge in [0, 0.05) is 17.0 Å². The van der Waals surface area contributed by atoms with E-state index in [4.69, 9.17) is 32.7 Å². The summed E-state index contributed by atoms with van der Waals surface area (Å²) in [5.74, 6) is 1.41. The molecule has 3 nitrogen and oxygen atoms in total. The molecule has 1 atom stereocenters. The zero-order valence-electron chi connectivity index (χ0n) is 10.8. The summed E-state index contributed by atoms with van der Waals surface area (Å²) in [7, 11) is 0. The molecule has 20 heavy (non-hydrogen) atoms. The van der Waals surface area contributed by atoms with Gasteiger partial charge < -0.3 is 14.8 Å². The molecule has 0 saturated carbocycles. The van der Waals surface area contributed by atoms with Crippen molar-refractivity contribution in [1.82, 2.24) is 0 Å². The summed E-state index contributed by atoms with van der Waals surface area (Å²) in [4.78, 5) is 1.15. The summed E-state index contributed by atoms with van der Waals surface area (Å²) in [6.07, 6.45) is 0. The third-order valence-electron chi connectivity index (χ3n) is 3.02. The van der Waals surface area contributed by atoms with Crippen LogP contribution in [0.25, 0.3) is 0 Å². The van der Waals surface area contributed by atoms with E-state index in [1.807, 2.05) is 18.2 Å². The summed E-state index contributed by atoms with van der Waals surface area (Å²) in [5, 5.41) is 3.99. The Kier molecular flexibility index (Phi) is 3.96. The molecule has 2 aromatic rings. The molecule has 1 aliphatic heterocycles. The van der Waals surface area contributed by atoms with Crippen LogP contribution in [-0.4, -0.2) is 13.2 Å². The monoisotopic (exact) mass is 329 g/mol. The van der Waals surface area contributed by atoms with E-state index in [1.165, 1.54) is 0 Å². The lowest BCUT2D eigenvalue weighted by Gasteiger charge is -2.21. The lowest BCUT2D eigenvalue weighted by molar-refractivity contribution is 0.171. The van der Waals surface area contributed by atoms with Gasteiger partial charge >= 0.3 is 0 Å². The standard InChI is InChI=1S/C14H13Cl2NO2S/c1-8(13-2-3-14(16)20-13)17-10-7-12-11(6-9(10)15)18-4-5-19-12/h2-3,6-8,17H,4-5H2,1H3. The lowest BCUT2D eigenvalue weighted by Crippen LogP contribution is -2.16. The van der Waals surface area contributed by atoms with Gasteiger partial charge in [-0.1, -0.05) is 23.2 Å². The maximum Gasteiger partial charge on any atom is 0.163 e. The molecule has 106 valence electrons. The summed E-state index contributed by atoms with van der Waals surface area (Å²) in [5.41, 5.74) is 0.827. The fourth-order valence-corrected chi connectivity index (χ4v) is 3.31. The average Bonchev–Trinajstić information content (AvgIpc) is 2.86. The van der Waals surface area contributed by atoms with Crippen LogP contribution in [0.3, 0.4) is 0 Å². The van der Waals surface area contributed by atoms with E-state index in [-0.39, 0.29) is 6.04 Å². The second-order valence-corrected chi connectivity index (χ2v) is 6.64. The Bertz CT molecular complexity index is 630. The first-order chi connectivity index (χ1) is 9.63. The van der Waals surface area contributed by atoms with Gasteiger partial charge in [0.1, 0.15) is 13.2 Å². The van der Waals surface area contributed by atoms with Gasteiger partial charge in [-0.15, -0.1) is 11.3 Å². The normalized spacial score (nSPS) is 14.9. The second kappa shape index (κ2) is 5.72. The van der Waals surface area contributed by atoms with Crippen LogP contribution in [0.15, 0.2) is 24.3 Å². The first-order valence-electron chi connectivity index (χ1n) is 6.24.